The minimum absolute atomic E-state index is 0.169. The van der Waals surface area contributed by atoms with Crippen molar-refractivity contribution in [3.63, 3.8) is 0 Å². The monoisotopic (exact) mass is 274 g/mol. The number of aryl methyl sites for hydroxylation is 1. The summed E-state index contributed by atoms with van der Waals surface area (Å²) in [4.78, 5) is 25.8. The van der Waals surface area contributed by atoms with Gasteiger partial charge in [0.05, 0.1) is 0 Å². The highest BCUT2D eigenvalue weighted by Crippen LogP contribution is 2.30. The molecule has 1 aliphatic rings. The van der Waals surface area contributed by atoms with Crippen LogP contribution in [0.1, 0.15) is 44.7 Å². The van der Waals surface area contributed by atoms with Gasteiger partial charge in [-0.25, -0.2) is 4.79 Å². The number of urea groups is 1. The fraction of sp³-hybridized carbons (Fsp3) is 0.500. The van der Waals surface area contributed by atoms with Gasteiger partial charge in [-0.05, 0) is 30.4 Å². The lowest BCUT2D eigenvalue weighted by atomic mass is 9.91. The normalized spacial score (nSPS) is 17.4. The van der Waals surface area contributed by atoms with Gasteiger partial charge in [0.15, 0.2) is 0 Å². The van der Waals surface area contributed by atoms with E-state index in [1.165, 1.54) is 5.56 Å². The number of hydrogen-bond donors (Lipinski definition) is 1. The van der Waals surface area contributed by atoms with Gasteiger partial charge in [0.2, 0.25) is 0 Å². The van der Waals surface area contributed by atoms with E-state index in [4.69, 9.17) is 0 Å². The van der Waals surface area contributed by atoms with Gasteiger partial charge in [0, 0.05) is 6.54 Å². The van der Waals surface area contributed by atoms with Gasteiger partial charge in [0.1, 0.15) is 5.54 Å². The van der Waals surface area contributed by atoms with Crippen molar-refractivity contribution in [3.05, 3.63) is 35.4 Å². The zero-order valence-corrected chi connectivity index (χ0v) is 12.4. The van der Waals surface area contributed by atoms with Crippen LogP contribution in [0.3, 0.4) is 0 Å². The maximum Gasteiger partial charge on any atom is 0.325 e. The van der Waals surface area contributed by atoms with Crippen LogP contribution in [0.5, 0.6) is 0 Å². The van der Waals surface area contributed by atoms with Crippen LogP contribution in [-0.2, 0) is 17.8 Å². The van der Waals surface area contributed by atoms with E-state index in [2.05, 4.69) is 24.4 Å². The van der Waals surface area contributed by atoms with Crippen LogP contribution in [0, 0.1) is 0 Å². The molecule has 3 amide bonds. The van der Waals surface area contributed by atoms with E-state index in [0.29, 0.717) is 19.4 Å². The third-order valence-corrected chi connectivity index (χ3v) is 4.35. The molecule has 1 N–H and O–H groups in total. The fourth-order valence-electron chi connectivity index (χ4n) is 2.84. The van der Waals surface area contributed by atoms with E-state index >= 15 is 0 Å². The third kappa shape index (κ3) is 2.30. The number of benzene rings is 1. The van der Waals surface area contributed by atoms with Gasteiger partial charge in [-0.3, -0.25) is 10.1 Å². The number of nitrogens with zero attached hydrogens (tertiary/aromatic N) is 1. The molecular formula is C16H22N2O2. The first-order valence-corrected chi connectivity index (χ1v) is 7.28. The fourth-order valence-corrected chi connectivity index (χ4v) is 2.84. The summed E-state index contributed by atoms with van der Waals surface area (Å²) in [6.07, 6.45) is 2.26. The second-order valence-corrected chi connectivity index (χ2v) is 5.25. The van der Waals surface area contributed by atoms with Crippen LogP contribution >= 0.6 is 0 Å². The summed E-state index contributed by atoms with van der Waals surface area (Å²) < 4.78 is 0. The Labute approximate surface area is 120 Å². The Kier molecular flexibility index (Phi) is 4.12. The molecule has 0 unspecified atom stereocenters. The highest BCUT2D eigenvalue weighted by molar-refractivity contribution is 6.06. The van der Waals surface area contributed by atoms with Gasteiger partial charge in [-0.15, -0.1) is 0 Å². The van der Waals surface area contributed by atoms with E-state index in [9.17, 15) is 9.59 Å². The molecule has 1 heterocycles. The minimum Gasteiger partial charge on any atom is -0.305 e. The lowest BCUT2D eigenvalue weighted by Gasteiger charge is -2.33. The molecule has 20 heavy (non-hydrogen) atoms. The van der Waals surface area contributed by atoms with Crippen LogP contribution in [0.2, 0.25) is 0 Å². The molecule has 1 aromatic rings. The summed E-state index contributed by atoms with van der Waals surface area (Å²) in [6.45, 7) is 6.49. The van der Waals surface area contributed by atoms with E-state index in [0.717, 1.165) is 12.0 Å². The summed E-state index contributed by atoms with van der Waals surface area (Å²) in [7, 11) is 0. The lowest BCUT2D eigenvalue weighted by molar-refractivity contribution is -0.127. The predicted molar refractivity (Wildman–Crippen MR) is 78.2 cm³/mol. The third-order valence-electron chi connectivity index (χ3n) is 4.35. The standard InChI is InChI=1S/C16H22N2O2/c1-4-12-7-9-13(10-8-12)11-18-15(20)17-14(19)16(18,5-2)6-3/h7-10H,4-6,11H2,1-3H3,(H,17,19,20). The highest BCUT2D eigenvalue weighted by Gasteiger charge is 2.49. The molecular weight excluding hydrogens is 252 g/mol. The maximum absolute atomic E-state index is 12.1. The van der Waals surface area contributed by atoms with Crippen molar-refractivity contribution >= 4 is 11.9 Å². The van der Waals surface area contributed by atoms with Crippen LogP contribution < -0.4 is 5.32 Å². The zero-order valence-electron chi connectivity index (χ0n) is 12.4. The summed E-state index contributed by atoms with van der Waals surface area (Å²) in [5.41, 5.74) is 1.63. The molecule has 1 fully saturated rings. The van der Waals surface area contributed by atoms with E-state index in [1.807, 2.05) is 26.0 Å². The molecule has 0 atom stereocenters. The smallest absolute Gasteiger partial charge is 0.305 e. The second kappa shape index (κ2) is 5.65. The maximum atomic E-state index is 12.1. The highest BCUT2D eigenvalue weighted by atomic mass is 16.2. The lowest BCUT2D eigenvalue weighted by Crippen LogP contribution is -2.48. The zero-order chi connectivity index (χ0) is 14.8. The number of nitrogens with one attached hydrogen (secondary N) is 1. The van der Waals surface area contributed by atoms with Crippen molar-refractivity contribution in [2.24, 2.45) is 0 Å². The molecule has 1 saturated heterocycles. The van der Waals surface area contributed by atoms with E-state index in [1.54, 1.807) is 4.90 Å². The molecule has 4 nitrogen and oxygen atoms in total. The molecule has 108 valence electrons. The number of carbonyl (C=O) groups is 2. The summed E-state index contributed by atoms with van der Waals surface area (Å²) in [5.74, 6) is -0.169. The summed E-state index contributed by atoms with van der Waals surface area (Å²) in [6, 6.07) is 7.93. The average molecular weight is 274 g/mol. The minimum atomic E-state index is -0.694. The van der Waals surface area contributed by atoms with Crippen LogP contribution in [-0.4, -0.2) is 22.4 Å². The second-order valence-electron chi connectivity index (χ2n) is 5.25. The Hall–Kier alpha value is -1.84. The van der Waals surface area contributed by atoms with Gasteiger partial charge < -0.3 is 4.90 Å². The first-order chi connectivity index (χ1) is 9.57. The number of hydrogen-bond acceptors (Lipinski definition) is 2. The number of rotatable bonds is 5. The topological polar surface area (TPSA) is 49.4 Å². The Morgan fingerprint density at radius 2 is 1.55 bits per heavy atom. The van der Waals surface area contributed by atoms with Crippen LogP contribution in [0.4, 0.5) is 4.79 Å². The molecule has 1 aliphatic heterocycles. The van der Waals surface area contributed by atoms with Gasteiger partial charge >= 0.3 is 6.03 Å². The first kappa shape index (κ1) is 14.6. The predicted octanol–water partition coefficient (Wildman–Crippen LogP) is 2.86. The average Bonchev–Trinajstić information content (AvgIpc) is 2.71. The molecule has 0 spiro atoms. The number of amides is 3. The quantitative estimate of drug-likeness (QED) is 0.839. The first-order valence-electron chi connectivity index (χ1n) is 7.28. The molecule has 0 aliphatic carbocycles. The van der Waals surface area contributed by atoms with Crippen molar-refractivity contribution in [1.29, 1.82) is 0 Å². The van der Waals surface area contributed by atoms with Crippen molar-refractivity contribution in [2.75, 3.05) is 0 Å². The SMILES string of the molecule is CCc1ccc(CN2C(=O)NC(=O)C2(CC)CC)cc1. The summed E-state index contributed by atoms with van der Waals surface area (Å²) in [5, 5.41) is 2.45. The van der Waals surface area contributed by atoms with Gasteiger partial charge in [0.25, 0.3) is 5.91 Å². The van der Waals surface area contributed by atoms with Crippen molar-refractivity contribution in [2.45, 2.75) is 52.1 Å². The molecule has 0 saturated carbocycles. The molecule has 0 radical (unpaired) electrons. The van der Waals surface area contributed by atoms with Crippen molar-refractivity contribution in [3.8, 4) is 0 Å². The Bertz CT molecular complexity index is 504. The molecule has 1 aromatic carbocycles. The van der Waals surface area contributed by atoms with Crippen molar-refractivity contribution < 1.29 is 9.59 Å². The molecule has 0 aromatic heterocycles. The Morgan fingerprint density at radius 3 is 2.05 bits per heavy atom. The van der Waals surface area contributed by atoms with Gasteiger partial charge in [-0.2, -0.15) is 0 Å². The van der Waals surface area contributed by atoms with Gasteiger partial charge in [-0.1, -0.05) is 45.0 Å². The number of carbonyl (C=O) groups excluding carboxylic acids is 2. The Balaban J connectivity index is 2.25. The largest absolute Gasteiger partial charge is 0.325 e. The molecule has 0 bridgehead atoms. The molecule has 2 rings (SSSR count). The van der Waals surface area contributed by atoms with Crippen molar-refractivity contribution in [1.82, 2.24) is 10.2 Å². The van der Waals surface area contributed by atoms with E-state index < -0.39 is 5.54 Å². The van der Waals surface area contributed by atoms with Crippen LogP contribution in [0.15, 0.2) is 24.3 Å². The van der Waals surface area contributed by atoms with E-state index in [-0.39, 0.29) is 11.9 Å². The summed E-state index contributed by atoms with van der Waals surface area (Å²) >= 11 is 0. The Morgan fingerprint density at radius 1 is 1.00 bits per heavy atom. The number of imide groups is 1. The van der Waals surface area contributed by atoms with Crippen LogP contribution in [0.25, 0.3) is 0 Å². The molecule has 4 heteroatoms.